The highest BCUT2D eigenvalue weighted by Gasteiger charge is 2.23. The van der Waals surface area contributed by atoms with Gasteiger partial charge in [0, 0.05) is 44.0 Å². The number of nitrogens with zero attached hydrogens (tertiary/aromatic N) is 3. The predicted octanol–water partition coefficient (Wildman–Crippen LogP) is 1.58. The zero-order chi connectivity index (χ0) is 15.0. The Kier molecular flexibility index (Phi) is 3.21. The van der Waals surface area contributed by atoms with Crippen molar-refractivity contribution in [1.82, 2.24) is 9.78 Å². The van der Waals surface area contributed by atoms with E-state index in [-0.39, 0.29) is 11.8 Å². The monoisotopic (exact) mass is 284 g/mol. The summed E-state index contributed by atoms with van der Waals surface area (Å²) >= 11 is 0. The molecule has 0 fully saturated rings. The topological polar surface area (TPSA) is 67.2 Å². The number of carbonyl (C=O) groups excluding carboxylic acids is 2. The molecule has 2 amide bonds. The third kappa shape index (κ3) is 2.52. The minimum atomic E-state index is -0.197. The van der Waals surface area contributed by atoms with Crippen LogP contribution < -0.4 is 10.2 Å². The summed E-state index contributed by atoms with van der Waals surface area (Å²) in [6, 6.07) is 7.15. The molecule has 2 heterocycles. The second kappa shape index (κ2) is 5.05. The van der Waals surface area contributed by atoms with Crippen LogP contribution in [0.5, 0.6) is 0 Å². The molecule has 6 heteroatoms. The number of fused-ring (bicyclic) bond motifs is 1. The van der Waals surface area contributed by atoms with Gasteiger partial charge in [0.25, 0.3) is 5.91 Å². The van der Waals surface area contributed by atoms with Gasteiger partial charge in [0.2, 0.25) is 5.91 Å². The van der Waals surface area contributed by atoms with Crippen molar-refractivity contribution in [2.75, 3.05) is 16.8 Å². The summed E-state index contributed by atoms with van der Waals surface area (Å²) in [5.41, 5.74) is 2.50. The van der Waals surface area contributed by atoms with Crippen LogP contribution in [-0.2, 0) is 18.3 Å². The quantitative estimate of drug-likeness (QED) is 0.910. The third-order valence-corrected chi connectivity index (χ3v) is 3.57. The fourth-order valence-corrected chi connectivity index (χ4v) is 2.54. The van der Waals surface area contributed by atoms with Gasteiger partial charge in [-0.1, -0.05) is 0 Å². The molecule has 1 aliphatic rings. The summed E-state index contributed by atoms with van der Waals surface area (Å²) in [5.74, 6) is 0.352. The van der Waals surface area contributed by atoms with Crippen LogP contribution in [0, 0.1) is 0 Å². The zero-order valence-corrected chi connectivity index (χ0v) is 12.0. The highest BCUT2D eigenvalue weighted by Crippen LogP contribution is 2.29. The summed E-state index contributed by atoms with van der Waals surface area (Å²) in [6.45, 7) is 2.23. The van der Waals surface area contributed by atoms with Crippen molar-refractivity contribution in [1.29, 1.82) is 0 Å². The molecule has 6 nitrogen and oxygen atoms in total. The van der Waals surface area contributed by atoms with E-state index in [0.29, 0.717) is 17.9 Å². The summed E-state index contributed by atoms with van der Waals surface area (Å²) in [4.78, 5) is 25.4. The first kappa shape index (κ1) is 13.4. The lowest BCUT2D eigenvalue weighted by Crippen LogP contribution is -2.25. The van der Waals surface area contributed by atoms with E-state index in [2.05, 4.69) is 10.4 Å². The van der Waals surface area contributed by atoms with Crippen molar-refractivity contribution < 1.29 is 9.59 Å². The van der Waals surface area contributed by atoms with Crippen molar-refractivity contribution in [2.45, 2.75) is 13.3 Å². The fourth-order valence-electron chi connectivity index (χ4n) is 2.54. The molecule has 0 aliphatic carbocycles. The largest absolute Gasteiger partial charge is 0.312 e. The number of amides is 2. The summed E-state index contributed by atoms with van der Waals surface area (Å²) in [6.07, 6.45) is 2.54. The van der Waals surface area contributed by atoms with Gasteiger partial charge < -0.3 is 10.2 Å². The molecule has 0 radical (unpaired) electrons. The number of aryl methyl sites for hydroxylation is 1. The average Bonchev–Trinajstić information content (AvgIpc) is 3.04. The Bertz CT molecular complexity index is 720. The van der Waals surface area contributed by atoms with Crippen LogP contribution in [0.15, 0.2) is 30.5 Å². The Balaban J connectivity index is 1.81. The van der Waals surface area contributed by atoms with Crippen LogP contribution >= 0.6 is 0 Å². The lowest BCUT2D eigenvalue weighted by Gasteiger charge is -2.14. The van der Waals surface area contributed by atoms with Gasteiger partial charge in [-0.2, -0.15) is 5.10 Å². The number of nitrogens with one attached hydrogen (secondary N) is 1. The lowest BCUT2D eigenvalue weighted by atomic mass is 10.1. The second-order valence-electron chi connectivity index (χ2n) is 5.09. The molecule has 0 saturated heterocycles. The second-order valence-corrected chi connectivity index (χ2v) is 5.09. The van der Waals surface area contributed by atoms with Crippen molar-refractivity contribution in [3.8, 4) is 0 Å². The fraction of sp³-hybridized carbons (Fsp3) is 0.267. The normalized spacial score (nSPS) is 13.1. The minimum absolute atomic E-state index is 0.0273. The molecule has 21 heavy (non-hydrogen) atoms. The van der Waals surface area contributed by atoms with Gasteiger partial charge in [-0.05, 0) is 30.2 Å². The van der Waals surface area contributed by atoms with Crippen molar-refractivity contribution in [3.63, 3.8) is 0 Å². The molecule has 0 saturated carbocycles. The molecule has 0 bridgehead atoms. The number of rotatable bonds is 2. The number of anilines is 2. The van der Waals surface area contributed by atoms with E-state index in [9.17, 15) is 9.59 Å². The van der Waals surface area contributed by atoms with Crippen molar-refractivity contribution in [2.24, 2.45) is 7.05 Å². The lowest BCUT2D eigenvalue weighted by molar-refractivity contribution is -0.116. The van der Waals surface area contributed by atoms with Gasteiger partial charge in [-0.3, -0.25) is 14.3 Å². The molecule has 108 valence electrons. The van der Waals surface area contributed by atoms with E-state index >= 15 is 0 Å². The first-order chi connectivity index (χ1) is 10.0. The maximum atomic E-state index is 12.2. The van der Waals surface area contributed by atoms with Crippen molar-refractivity contribution in [3.05, 3.63) is 41.6 Å². The number of aromatic nitrogens is 2. The SMILES string of the molecule is CC(=O)N1CCc2cc(C(=O)Nc3ccn(C)n3)ccc21. The molecule has 1 N–H and O–H groups in total. The zero-order valence-electron chi connectivity index (χ0n) is 12.0. The van der Waals surface area contributed by atoms with Crippen LogP contribution in [0.4, 0.5) is 11.5 Å². The maximum absolute atomic E-state index is 12.2. The van der Waals surface area contributed by atoms with Crippen LogP contribution in [0.1, 0.15) is 22.8 Å². The standard InChI is InChI=1S/C15H16N4O2/c1-10(20)19-8-5-11-9-12(3-4-13(11)19)15(21)16-14-6-7-18(2)17-14/h3-4,6-7,9H,5,8H2,1-2H3,(H,16,17,21). The summed E-state index contributed by atoms with van der Waals surface area (Å²) in [7, 11) is 1.79. The number of hydrogen-bond donors (Lipinski definition) is 1. The molecule has 3 rings (SSSR count). The molecule has 1 aliphatic heterocycles. The average molecular weight is 284 g/mol. The van der Waals surface area contributed by atoms with E-state index in [1.54, 1.807) is 41.9 Å². The van der Waals surface area contributed by atoms with Gasteiger partial charge in [0.1, 0.15) is 0 Å². The number of benzene rings is 1. The molecule has 0 spiro atoms. The number of hydrogen-bond acceptors (Lipinski definition) is 3. The molecule has 1 aromatic carbocycles. The van der Waals surface area contributed by atoms with Crippen LogP contribution in [0.3, 0.4) is 0 Å². The van der Waals surface area contributed by atoms with Gasteiger partial charge >= 0.3 is 0 Å². The molecule has 1 aromatic heterocycles. The van der Waals surface area contributed by atoms with Crippen molar-refractivity contribution >= 4 is 23.3 Å². The van der Waals surface area contributed by atoms with E-state index < -0.39 is 0 Å². The highest BCUT2D eigenvalue weighted by molar-refractivity contribution is 6.04. The Morgan fingerprint density at radius 2 is 2.10 bits per heavy atom. The molecule has 2 aromatic rings. The Hall–Kier alpha value is -2.63. The third-order valence-electron chi connectivity index (χ3n) is 3.57. The molecule has 0 atom stereocenters. The maximum Gasteiger partial charge on any atom is 0.256 e. The van der Waals surface area contributed by atoms with E-state index in [0.717, 1.165) is 17.7 Å². The van der Waals surface area contributed by atoms with Gasteiger partial charge in [0.15, 0.2) is 5.82 Å². The van der Waals surface area contributed by atoms with Crippen LogP contribution in [-0.4, -0.2) is 28.1 Å². The minimum Gasteiger partial charge on any atom is -0.312 e. The molecular formula is C15H16N4O2. The summed E-state index contributed by atoms with van der Waals surface area (Å²) in [5, 5.41) is 6.87. The van der Waals surface area contributed by atoms with Gasteiger partial charge in [-0.15, -0.1) is 0 Å². The van der Waals surface area contributed by atoms with E-state index in [1.165, 1.54) is 0 Å². The molecule has 0 unspecified atom stereocenters. The first-order valence-electron chi connectivity index (χ1n) is 6.76. The van der Waals surface area contributed by atoms with Crippen LogP contribution in [0.25, 0.3) is 0 Å². The summed E-state index contributed by atoms with van der Waals surface area (Å²) < 4.78 is 1.63. The van der Waals surface area contributed by atoms with Crippen LogP contribution in [0.2, 0.25) is 0 Å². The van der Waals surface area contributed by atoms with Gasteiger partial charge in [0.05, 0.1) is 0 Å². The predicted molar refractivity (Wildman–Crippen MR) is 79.3 cm³/mol. The number of carbonyl (C=O) groups is 2. The Labute approximate surface area is 122 Å². The smallest absolute Gasteiger partial charge is 0.256 e. The highest BCUT2D eigenvalue weighted by atomic mass is 16.2. The Morgan fingerprint density at radius 1 is 1.29 bits per heavy atom. The van der Waals surface area contributed by atoms with Gasteiger partial charge in [-0.25, -0.2) is 0 Å². The Morgan fingerprint density at radius 3 is 2.76 bits per heavy atom. The molecular weight excluding hydrogens is 268 g/mol. The first-order valence-corrected chi connectivity index (χ1v) is 6.76. The van der Waals surface area contributed by atoms with E-state index in [1.807, 2.05) is 12.1 Å². The van der Waals surface area contributed by atoms with E-state index in [4.69, 9.17) is 0 Å².